The van der Waals surface area contributed by atoms with Crippen molar-refractivity contribution in [2.24, 2.45) is 21.7 Å². The topological polar surface area (TPSA) is 126 Å². The Labute approximate surface area is 233 Å². The molecule has 0 saturated carbocycles. The van der Waals surface area contributed by atoms with Crippen molar-refractivity contribution in [3.05, 3.63) is 89.4 Å². The molecule has 0 radical (unpaired) electrons. The van der Waals surface area contributed by atoms with Crippen LogP contribution >= 0.6 is 11.6 Å². The van der Waals surface area contributed by atoms with Gasteiger partial charge in [-0.05, 0) is 60.0 Å². The summed E-state index contributed by atoms with van der Waals surface area (Å²) in [5, 5.41) is 7.02. The number of sulfonamides is 1. The maximum absolute atomic E-state index is 13.4. The van der Waals surface area contributed by atoms with E-state index >= 15 is 0 Å². The van der Waals surface area contributed by atoms with E-state index in [1.54, 1.807) is 21.0 Å². The summed E-state index contributed by atoms with van der Waals surface area (Å²) in [5.74, 6) is -0.294. The molecule has 1 aliphatic rings. The Morgan fingerprint density at radius 2 is 1.72 bits per heavy atom. The van der Waals surface area contributed by atoms with E-state index in [4.69, 9.17) is 27.2 Å². The molecule has 0 saturated heterocycles. The average molecular weight is 568 g/mol. The molecule has 0 bridgehead atoms. The molecule has 11 heteroatoms. The van der Waals surface area contributed by atoms with Crippen molar-refractivity contribution in [2.75, 3.05) is 12.1 Å². The third kappa shape index (κ3) is 6.58. The molecule has 1 heterocycles. The number of hydrogen-bond acceptors (Lipinski definition) is 7. The standard InChI is InChI=1S/C28H30ClN5O4S/c1-18(2)26(27(30)35)31-28(33-39(36,37)23-15-9-20(29)10-16-23)24-17-25(19-7-5-4-6-8-19)34(32-24)21-11-13-22(38-3)14-12-21/h4-16,18,25-26H,17H2,1-3H3,(H2,30,35)(H,31,33)/t25?,26-/m0/s1. The summed E-state index contributed by atoms with van der Waals surface area (Å²) in [6.07, 6.45) is 0.321. The Hall–Kier alpha value is -3.89. The number of hydrazone groups is 1. The molecule has 4 rings (SSSR count). The predicted molar refractivity (Wildman–Crippen MR) is 154 cm³/mol. The quantitative estimate of drug-likeness (QED) is 0.290. The SMILES string of the molecule is COc1ccc(N2N=C(C(=N[C@H](C(N)=O)C(C)C)NS(=O)(=O)c3ccc(Cl)cc3)CC2c2ccccc2)cc1. The van der Waals surface area contributed by atoms with Gasteiger partial charge in [-0.2, -0.15) is 5.10 Å². The minimum Gasteiger partial charge on any atom is -0.497 e. The molecule has 3 aromatic carbocycles. The van der Waals surface area contributed by atoms with Crippen LogP contribution in [0.1, 0.15) is 31.9 Å². The van der Waals surface area contributed by atoms with Crippen LogP contribution in [0.15, 0.2) is 93.9 Å². The lowest BCUT2D eigenvalue weighted by atomic mass is 10.0. The van der Waals surface area contributed by atoms with Crippen molar-refractivity contribution >= 4 is 44.8 Å². The maximum atomic E-state index is 13.4. The van der Waals surface area contributed by atoms with Crippen LogP contribution in [0.25, 0.3) is 0 Å². The number of ether oxygens (including phenoxy) is 1. The van der Waals surface area contributed by atoms with Crippen LogP contribution in [0.5, 0.6) is 5.75 Å². The van der Waals surface area contributed by atoms with E-state index in [0.717, 1.165) is 11.3 Å². The summed E-state index contributed by atoms with van der Waals surface area (Å²) < 4.78 is 34.6. The highest BCUT2D eigenvalue weighted by Gasteiger charge is 2.34. The van der Waals surface area contributed by atoms with Gasteiger partial charge in [-0.3, -0.25) is 19.5 Å². The lowest BCUT2D eigenvalue weighted by Crippen LogP contribution is -2.40. The predicted octanol–water partition coefficient (Wildman–Crippen LogP) is 4.54. The number of anilines is 1. The number of carbonyl (C=O) groups is 1. The van der Waals surface area contributed by atoms with Crippen molar-refractivity contribution in [3.8, 4) is 5.75 Å². The molecule has 0 aliphatic carbocycles. The number of amides is 1. The summed E-state index contributed by atoms with van der Waals surface area (Å²) in [7, 11) is -2.50. The van der Waals surface area contributed by atoms with Gasteiger partial charge in [-0.25, -0.2) is 8.42 Å². The van der Waals surface area contributed by atoms with Gasteiger partial charge in [-0.1, -0.05) is 55.8 Å². The zero-order valence-electron chi connectivity index (χ0n) is 21.8. The number of rotatable bonds is 9. The largest absolute Gasteiger partial charge is 0.497 e. The molecule has 0 spiro atoms. The van der Waals surface area contributed by atoms with Crippen LogP contribution in [0.2, 0.25) is 5.02 Å². The number of aliphatic imine (C=N–C) groups is 1. The molecule has 3 N–H and O–H groups in total. The Bertz CT molecular complexity index is 1470. The molecule has 1 amide bonds. The third-order valence-corrected chi connectivity index (χ3v) is 7.86. The van der Waals surface area contributed by atoms with Crippen LogP contribution in [0, 0.1) is 5.92 Å². The zero-order chi connectivity index (χ0) is 28.2. The Kier molecular flexibility index (Phi) is 8.57. The van der Waals surface area contributed by atoms with Crippen LogP contribution in [0.3, 0.4) is 0 Å². The summed E-state index contributed by atoms with van der Waals surface area (Å²) >= 11 is 5.95. The fourth-order valence-electron chi connectivity index (χ4n) is 4.20. The van der Waals surface area contributed by atoms with Gasteiger partial charge < -0.3 is 10.5 Å². The third-order valence-electron chi connectivity index (χ3n) is 6.25. The summed E-state index contributed by atoms with van der Waals surface area (Å²) in [6.45, 7) is 3.58. The van der Waals surface area contributed by atoms with E-state index < -0.39 is 22.0 Å². The summed E-state index contributed by atoms with van der Waals surface area (Å²) in [6, 6.07) is 21.7. The highest BCUT2D eigenvalue weighted by molar-refractivity contribution is 7.90. The molecule has 39 heavy (non-hydrogen) atoms. The van der Waals surface area contributed by atoms with E-state index in [9.17, 15) is 13.2 Å². The number of benzene rings is 3. The Morgan fingerprint density at radius 3 is 2.28 bits per heavy atom. The van der Waals surface area contributed by atoms with Crippen molar-refractivity contribution in [1.82, 2.24) is 4.72 Å². The molecule has 9 nitrogen and oxygen atoms in total. The van der Waals surface area contributed by atoms with Crippen LogP contribution in [-0.4, -0.2) is 39.0 Å². The normalized spacial score (nSPS) is 16.6. The smallest absolute Gasteiger partial charge is 0.263 e. The molecule has 0 fully saturated rings. The number of carbonyl (C=O) groups excluding carboxylic acids is 1. The van der Waals surface area contributed by atoms with Gasteiger partial charge in [0.1, 0.15) is 17.5 Å². The first kappa shape index (κ1) is 28.1. The molecular formula is C28H30ClN5O4S. The maximum Gasteiger partial charge on any atom is 0.263 e. The van der Waals surface area contributed by atoms with Crippen molar-refractivity contribution in [1.29, 1.82) is 0 Å². The first-order chi connectivity index (χ1) is 18.6. The number of amidine groups is 1. The second-order valence-electron chi connectivity index (χ2n) is 9.35. The van der Waals surface area contributed by atoms with Crippen LogP contribution in [0.4, 0.5) is 5.69 Å². The van der Waals surface area contributed by atoms with Crippen molar-refractivity contribution in [3.63, 3.8) is 0 Å². The lowest BCUT2D eigenvalue weighted by molar-refractivity contribution is -0.120. The van der Waals surface area contributed by atoms with E-state index in [1.807, 2.05) is 59.6 Å². The molecule has 1 aliphatic heterocycles. The summed E-state index contributed by atoms with van der Waals surface area (Å²) in [4.78, 5) is 16.8. The van der Waals surface area contributed by atoms with Gasteiger partial charge in [0, 0.05) is 11.4 Å². The number of nitrogens with two attached hydrogens (primary N) is 1. The molecule has 2 atom stereocenters. The van der Waals surface area contributed by atoms with Gasteiger partial charge >= 0.3 is 0 Å². The fourth-order valence-corrected chi connectivity index (χ4v) is 5.36. The second kappa shape index (κ2) is 11.9. The second-order valence-corrected chi connectivity index (χ2v) is 11.5. The van der Waals surface area contributed by atoms with Gasteiger partial charge in [0.2, 0.25) is 5.91 Å². The van der Waals surface area contributed by atoms with Crippen LogP contribution < -0.4 is 20.2 Å². The van der Waals surface area contributed by atoms with E-state index in [1.165, 1.54) is 24.3 Å². The Balaban J connectivity index is 1.81. The van der Waals surface area contributed by atoms with Crippen molar-refractivity contribution < 1.29 is 17.9 Å². The molecule has 0 aromatic heterocycles. The van der Waals surface area contributed by atoms with E-state index in [-0.39, 0.29) is 22.7 Å². The van der Waals surface area contributed by atoms with Gasteiger partial charge in [0.25, 0.3) is 10.0 Å². The number of nitrogens with one attached hydrogen (secondary N) is 1. The lowest BCUT2D eigenvalue weighted by Gasteiger charge is -2.24. The first-order valence-corrected chi connectivity index (χ1v) is 14.2. The highest BCUT2D eigenvalue weighted by Crippen LogP contribution is 2.36. The van der Waals surface area contributed by atoms with E-state index in [2.05, 4.69) is 9.71 Å². The van der Waals surface area contributed by atoms with Gasteiger partial charge in [0.15, 0.2) is 5.84 Å². The minimum atomic E-state index is -4.09. The fraction of sp³-hybridized carbons (Fsp3) is 0.250. The number of methoxy groups -OCH3 is 1. The zero-order valence-corrected chi connectivity index (χ0v) is 23.4. The number of hydrogen-bond donors (Lipinski definition) is 2. The number of nitrogens with zero attached hydrogens (tertiary/aromatic N) is 3. The highest BCUT2D eigenvalue weighted by atomic mass is 35.5. The number of primary amides is 1. The van der Waals surface area contributed by atoms with Gasteiger partial charge in [-0.15, -0.1) is 0 Å². The van der Waals surface area contributed by atoms with Crippen molar-refractivity contribution in [2.45, 2.75) is 37.2 Å². The first-order valence-electron chi connectivity index (χ1n) is 12.3. The molecular weight excluding hydrogens is 538 g/mol. The summed E-state index contributed by atoms with van der Waals surface area (Å²) in [5.41, 5.74) is 7.75. The molecule has 1 unspecified atom stereocenters. The van der Waals surface area contributed by atoms with E-state index in [0.29, 0.717) is 22.9 Å². The van der Waals surface area contributed by atoms with Crippen LogP contribution in [-0.2, 0) is 14.8 Å². The molecule has 204 valence electrons. The number of halogens is 1. The minimum absolute atomic E-state index is 0.00927. The molecule has 3 aromatic rings. The monoisotopic (exact) mass is 567 g/mol. The Morgan fingerprint density at radius 1 is 1.08 bits per heavy atom. The van der Waals surface area contributed by atoms with Gasteiger partial charge in [0.05, 0.1) is 23.7 Å². The average Bonchev–Trinajstić information content (AvgIpc) is 3.37.